The number of nitrogens with two attached hydrogens (primary N) is 1. The quantitative estimate of drug-likeness (QED) is 0.0392. The van der Waals surface area contributed by atoms with Gasteiger partial charge in [0.2, 0.25) is 17.8 Å². The molecule has 0 unspecified atom stereocenters. The van der Waals surface area contributed by atoms with Gasteiger partial charge in [0.05, 0.1) is 17.3 Å². The first-order chi connectivity index (χ1) is 16.2. The maximum atomic E-state index is 12.8. The van der Waals surface area contributed by atoms with Crippen LogP contribution in [0.3, 0.4) is 0 Å². The zero-order valence-electron chi connectivity index (χ0n) is 20.3. The molecule has 7 N–H and O–H groups in total. The summed E-state index contributed by atoms with van der Waals surface area (Å²) < 4.78 is 0. The Morgan fingerprint density at radius 3 is 2.29 bits per heavy atom. The monoisotopic (exact) mass is 481 g/mol. The second-order valence-electron chi connectivity index (χ2n) is 8.67. The number of carbonyl (C=O) groups excluding carboxylic acids is 2. The van der Waals surface area contributed by atoms with Gasteiger partial charge >= 0.3 is 7.12 Å². The van der Waals surface area contributed by atoms with Crippen LogP contribution < -0.4 is 21.8 Å². The molecule has 0 aromatic heterocycles. The molecule has 13 heteroatoms. The van der Waals surface area contributed by atoms with E-state index in [1.165, 1.54) is 0 Å². The van der Waals surface area contributed by atoms with Gasteiger partial charge in [0.1, 0.15) is 6.04 Å². The second kappa shape index (κ2) is 19.7. The van der Waals surface area contributed by atoms with E-state index in [9.17, 15) is 24.5 Å². The molecular formula is C21H40BN7O5. The molecule has 0 rings (SSSR count). The van der Waals surface area contributed by atoms with Crippen LogP contribution in [0.5, 0.6) is 0 Å². The Morgan fingerprint density at radius 1 is 1.06 bits per heavy atom. The molecule has 0 saturated heterocycles. The van der Waals surface area contributed by atoms with E-state index in [2.05, 4.69) is 27.0 Å². The van der Waals surface area contributed by atoms with E-state index in [1.807, 2.05) is 19.3 Å². The van der Waals surface area contributed by atoms with Crippen molar-refractivity contribution in [3.05, 3.63) is 4.91 Å². The van der Waals surface area contributed by atoms with Crippen molar-refractivity contribution >= 4 is 24.9 Å². The Kier molecular flexibility index (Phi) is 18.2. The summed E-state index contributed by atoms with van der Waals surface area (Å²) in [6.07, 6.45) is 7.32. The molecule has 0 saturated carbocycles. The Labute approximate surface area is 202 Å². The van der Waals surface area contributed by atoms with Gasteiger partial charge in [0, 0.05) is 19.4 Å². The molecule has 2 amide bonds. The second-order valence-corrected chi connectivity index (χ2v) is 8.67. The molecule has 192 valence electrons. The molecule has 0 spiro atoms. The van der Waals surface area contributed by atoms with Gasteiger partial charge < -0.3 is 26.4 Å². The number of hydrogen-bond acceptors (Lipinski definition) is 8. The highest BCUT2D eigenvalue weighted by atomic mass is 16.4. The van der Waals surface area contributed by atoms with Gasteiger partial charge in [-0.05, 0) is 38.0 Å². The Hall–Kier alpha value is -2.72. The number of nitrogens with zero attached hydrogens (tertiary/aromatic N) is 3. The topological polar surface area (TPSA) is 202 Å². The Bertz CT molecular complexity index is 670. The van der Waals surface area contributed by atoms with Gasteiger partial charge in [0.15, 0.2) is 0 Å². The van der Waals surface area contributed by atoms with E-state index in [4.69, 9.17) is 11.0 Å². The number of guanidine groups is 1. The first-order valence-corrected chi connectivity index (χ1v) is 11.9. The molecule has 0 fully saturated rings. The van der Waals surface area contributed by atoms with Gasteiger partial charge in [-0.25, -0.2) is 5.43 Å². The number of hydrogen-bond donors (Lipinski definition) is 6. The lowest BCUT2D eigenvalue weighted by Gasteiger charge is -2.24. The molecule has 0 heterocycles. The third kappa shape index (κ3) is 16.9. The highest BCUT2D eigenvalue weighted by Gasteiger charge is 2.29. The summed E-state index contributed by atoms with van der Waals surface area (Å²) >= 11 is 0. The molecule has 12 nitrogen and oxygen atoms in total. The van der Waals surface area contributed by atoms with Crippen LogP contribution in [-0.4, -0.2) is 53.5 Å². The molecule has 0 aromatic carbocycles. The third-order valence-electron chi connectivity index (χ3n) is 5.10. The number of amides is 2. The first-order valence-electron chi connectivity index (χ1n) is 11.9. The van der Waals surface area contributed by atoms with Crippen LogP contribution >= 0.6 is 0 Å². The highest BCUT2D eigenvalue weighted by Crippen LogP contribution is 2.10. The van der Waals surface area contributed by atoms with Gasteiger partial charge in [-0.3, -0.25) is 14.6 Å². The van der Waals surface area contributed by atoms with Crippen molar-refractivity contribution in [3.63, 3.8) is 0 Å². The Morgan fingerprint density at radius 2 is 1.71 bits per heavy atom. The van der Waals surface area contributed by atoms with Gasteiger partial charge in [-0.1, -0.05) is 39.5 Å². The molecule has 0 aliphatic rings. The SMILES string of the molecule is CC(C)C[C@H](NC(=O)[C@H](CCCN=C(N)NN=O)NC(=O)CCCCCCCCC#N)B(O)O. The number of carbonyl (C=O) groups is 2. The summed E-state index contributed by atoms with van der Waals surface area (Å²) in [6, 6.07) is 1.25. The minimum atomic E-state index is -1.72. The van der Waals surface area contributed by atoms with Crippen LogP contribution in [0.1, 0.15) is 84.5 Å². The van der Waals surface area contributed by atoms with E-state index in [0.29, 0.717) is 25.7 Å². The zero-order valence-corrected chi connectivity index (χ0v) is 20.3. The van der Waals surface area contributed by atoms with Gasteiger partial charge in [0.25, 0.3) is 0 Å². The lowest BCUT2D eigenvalue weighted by atomic mass is 9.75. The van der Waals surface area contributed by atoms with Crippen LogP contribution in [0.4, 0.5) is 0 Å². The fraction of sp³-hybridized carbons (Fsp3) is 0.810. The number of rotatable bonds is 19. The molecular weight excluding hydrogens is 441 g/mol. The predicted octanol–water partition coefficient (Wildman–Crippen LogP) is 1.02. The summed E-state index contributed by atoms with van der Waals surface area (Å²) in [5.41, 5.74) is 7.40. The summed E-state index contributed by atoms with van der Waals surface area (Å²) in [5.74, 6) is -1.65. The number of aliphatic imine (C=N–C) groups is 1. The van der Waals surface area contributed by atoms with Crippen LogP contribution in [-0.2, 0) is 9.59 Å². The van der Waals surface area contributed by atoms with Crippen molar-refractivity contribution in [2.24, 2.45) is 21.9 Å². The maximum Gasteiger partial charge on any atom is 0.475 e. The van der Waals surface area contributed by atoms with Crippen LogP contribution in [0.2, 0.25) is 0 Å². The van der Waals surface area contributed by atoms with Crippen LogP contribution in [0.25, 0.3) is 0 Å². The fourth-order valence-electron chi connectivity index (χ4n) is 3.36. The van der Waals surface area contributed by atoms with Crippen molar-refractivity contribution in [3.8, 4) is 6.07 Å². The summed E-state index contributed by atoms with van der Waals surface area (Å²) in [4.78, 5) is 39.2. The number of nitrogens with one attached hydrogen (secondary N) is 3. The van der Waals surface area contributed by atoms with E-state index < -0.39 is 25.0 Å². The normalized spacial score (nSPS) is 13.0. The smallest absolute Gasteiger partial charge is 0.426 e. The van der Waals surface area contributed by atoms with Crippen molar-refractivity contribution in [2.45, 2.75) is 96.5 Å². The number of nitriles is 1. The van der Waals surface area contributed by atoms with Crippen molar-refractivity contribution in [1.29, 1.82) is 5.26 Å². The molecule has 0 aliphatic carbocycles. The van der Waals surface area contributed by atoms with Gasteiger partial charge in [-0.15, -0.1) is 4.91 Å². The van der Waals surface area contributed by atoms with Crippen LogP contribution in [0, 0.1) is 22.2 Å². The van der Waals surface area contributed by atoms with E-state index >= 15 is 0 Å². The molecule has 0 bridgehead atoms. The summed E-state index contributed by atoms with van der Waals surface area (Å²) in [7, 11) is -1.72. The van der Waals surface area contributed by atoms with Crippen molar-refractivity contribution in [1.82, 2.24) is 16.1 Å². The third-order valence-corrected chi connectivity index (χ3v) is 5.10. The predicted molar refractivity (Wildman–Crippen MR) is 131 cm³/mol. The molecule has 0 radical (unpaired) electrons. The molecule has 2 atom stereocenters. The van der Waals surface area contributed by atoms with Crippen LogP contribution in [0.15, 0.2) is 10.3 Å². The standard InChI is InChI=1S/C21H40BN7O5/c1-16(2)15-18(22(32)33)27-20(31)17(11-10-14-25-21(24)28-29-34)26-19(30)12-8-6-4-3-5-7-9-13-23/h16-18,32-33H,3-12,14-15H2,1-2H3,(H,26,30)(H,27,31)(H3,24,25,28,34)/t17-,18-/m0/s1. The molecule has 0 aromatic rings. The van der Waals surface area contributed by atoms with E-state index in [0.717, 1.165) is 32.1 Å². The molecule has 34 heavy (non-hydrogen) atoms. The average molecular weight is 481 g/mol. The number of nitroso groups, excluding NO2 is 1. The lowest BCUT2D eigenvalue weighted by molar-refractivity contribution is -0.129. The largest absolute Gasteiger partial charge is 0.475 e. The van der Waals surface area contributed by atoms with Crippen molar-refractivity contribution in [2.75, 3.05) is 6.54 Å². The summed E-state index contributed by atoms with van der Waals surface area (Å²) in [5, 5.41) is 35.5. The average Bonchev–Trinajstić information content (AvgIpc) is 2.76. The Balaban J connectivity index is 4.77. The van der Waals surface area contributed by atoms with Crippen molar-refractivity contribution < 1.29 is 19.6 Å². The minimum Gasteiger partial charge on any atom is -0.426 e. The van der Waals surface area contributed by atoms with E-state index in [1.54, 1.807) is 0 Å². The first kappa shape index (κ1) is 31.3. The fourth-order valence-corrected chi connectivity index (χ4v) is 3.36. The lowest BCUT2D eigenvalue weighted by Crippen LogP contribution is -2.54. The summed E-state index contributed by atoms with van der Waals surface area (Å²) in [6.45, 7) is 4.00. The number of unbranched alkanes of at least 4 members (excludes halogenated alkanes) is 6. The zero-order chi connectivity index (χ0) is 25.8. The van der Waals surface area contributed by atoms with Gasteiger partial charge in [-0.2, -0.15) is 5.26 Å². The highest BCUT2D eigenvalue weighted by molar-refractivity contribution is 6.43. The maximum absolute atomic E-state index is 12.8. The molecule has 0 aliphatic heterocycles. The minimum absolute atomic E-state index is 0.122. The van der Waals surface area contributed by atoms with E-state index in [-0.39, 0.29) is 37.2 Å².